The molecule has 1 saturated carbocycles. The van der Waals surface area contributed by atoms with Gasteiger partial charge >= 0.3 is 0 Å². The molecule has 112 valence electrons. The third-order valence-electron chi connectivity index (χ3n) is 3.35. The van der Waals surface area contributed by atoms with Gasteiger partial charge in [0.15, 0.2) is 5.82 Å². The van der Waals surface area contributed by atoms with Crippen LogP contribution in [0.25, 0.3) is 0 Å². The van der Waals surface area contributed by atoms with Crippen molar-refractivity contribution in [2.45, 2.75) is 37.9 Å². The van der Waals surface area contributed by atoms with Gasteiger partial charge in [0, 0.05) is 12.6 Å². The fourth-order valence-electron chi connectivity index (χ4n) is 2.29. The zero-order valence-corrected chi connectivity index (χ0v) is 11.8. The Bertz CT molecular complexity index is 430. The maximum atomic E-state index is 13.5. The van der Waals surface area contributed by atoms with Gasteiger partial charge in [-0.1, -0.05) is 24.4 Å². The molecule has 2 N–H and O–H groups in total. The SMILES string of the molecule is OC(CNc1c(F)cc(F)cc1Cl)COC1CCCC1. The summed E-state index contributed by atoms with van der Waals surface area (Å²) in [7, 11) is 0. The average molecular weight is 306 g/mol. The molecule has 2 rings (SSSR count). The fraction of sp³-hybridized carbons (Fsp3) is 0.571. The molecular weight excluding hydrogens is 288 g/mol. The minimum absolute atomic E-state index is 0.00650. The smallest absolute Gasteiger partial charge is 0.150 e. The predicted octanol–water partition coefficient (Wildman–Crippen LogP) is 3.35. The minimum atomic E-state index is -0.779. The minimum Gasteiger partial charge on any atom is -0.389 e. The maximum Gasteiger partial charge on any atom is 0.150 e. The van der Waals surface area contributed by atoms with Crippen LogP contribution < -0.4 is 5.32 Å². The first-order valence-electron chi connectivity index (χ1n) is 6.74. The third kappa shape index (κ3) is 4.30. The van der Waals surface area contributed by atoms with Crippen LogP contribution in [0.5, 0.6) is 0 Å². The summed E-state index contributed by atoms with van der Waals surface area (Å²) in [6.07, 6.45) is 3.83. The molecule has 0 radical (unpaired) electrons. The van der Waals surface area contributed by atoms with Gasteiger partial charge in [-0.05, 0) is 18.9 Å². The summed E-state index contributed by atoms with van der Waals surface area (Å²) in [5, 5.41) is 12.4. The molecule has 0 aromatic heterocycles. The van der Waals surface area contributed by atoms with E-state index in [1.807, 2.05) is 0 Å². The summed E-state index contributed by atoms with van der Waals surface area (Å²) >= 11 is 5.74. The first-order valence-corrected chi connectivity index (χ1v) is 7.12. The number of rotatable bonds is 6. The van der Waals surface area contributed by atoms with Gasteiger partial charge in [0.2, 0.25) is 0 Å². The molecule has 1 aliphatic rings. The summed E-state index contributed by atoms with van der Waals surface area (Å²) in [4.78, 5) is 0. The second kappa shape index (κ2) is 7.20. The lowest BCUT2D eigenvalue weighted by Crippen LogP contribution is -2.27. The normalized spacial score (nSPS) is 17.4. The van der Waals surface area contributed by atoms with Gasteiger partial charge in [-0.15, -0.1) is 0 Å². The molecule has 1 atom stereocenters. The molecule has 3 nitrogen and oxygen atoms in total. The van der Waals surface area contributed by atoms with Crippen LogP contribution in [0.2, 0.25) is 5.02 Å². The van der Waals surface area contributed by atoms with E-state index in [1.54, 1.807) is 0 Å². The van der Waals surface area contributed by atoms with Gasteiger partial charge in [0.05, 0.1) is 29.5 Å². The maximum absolute atomic E-state index is 13.5. The van der Waals surface area contributed by atoms with E-state index in [0.717, 1.165) is 37.8 Å². The van der Waals surface area contributed by atoms with Crippen LogP contribution in [0.15, 0.2) is 12.1 Å². The Labute approximate surface area is 121 Å². The van der Waals surface area contributed by atoms with Gasteiger partial charge in [-0.2, -0.15) is 0 Å². The second-order valence-electron chi connectivity index (χ2n) is 5.02. The van der Waals surface area contributed by atoms with Crippen molar-refractivity contribution in [2.75, 3.05) is 18.5 Å². The molecule has 1 unspecified atom stereocenters. The Morgan fingerprint density at radius 1 is 1.35 bits per heavy atom. The standard InChI is InChI=1S/C14H18ClF2NO2/c15-12-5-9(16)6-13(17)14(12)18-7-10(19)8-20-11-3-1-2-4-11/h5-6,10-11,18-19H,1-4,7-8H2. The van der Waals surface area contributed by atoms with Crippen LogP contribution in [-0.4, -0.2) is 30.5 Å². The molecule has 6 heteroatoms. The van der Waals surface area contributed by atoms with E-state index in [9.17, 15) is 13.9 Å². The van der Waals surface area contributed by atoms with E-state index in [1.165, 1.54) is 0 Å². The van der Waals surface area contributed by atoms with Crippen LogP contribution in [-0.2, 0) is 4.74 Å². The number of aliphatic hydroxyl groups excluding tert-OH is 1. The number of ether oxygens (including phenoxy) is 1. The van der Waals surface area contributed by atoms with Crippen molar-refractivity contribution >= 4 is 17.3 Å². The van der Waals surface area contributed by atoms with Crippen LogP contribution in [0.4, 0.5) is 14.5 Å². The van der Waals surface area contributed by atoms with Crippen molar-refractivity contribution in [3.8, 4) is 0 Å². The number of hydrogen-bond donors (Lipinski definition) is 2. The molecule has 0 saturated heterocycles. The monoisotopic (exact) mass is 305 g/mol. The summed E-state index contributed by atoms with van der Waals surface area (Å²) in [6, 6.07) is 1.77. The predicted molar refractivity (Wildman–Crippen MR) is 74.1 cm³/mol. The third-order valence-corrected chi connectivity index (χ3v) is 3.65. The Kier molecular flexibility index (Phi) is 5.57. The molecule has 0 bridgehead atoms. The molecule has 20 heavy (non-hydrogen) atoms. The zero-order valence-electron chi connectivity index (χ0n) is 11.0. The molecule has 1 fully saturated rings. The van der Waals surface area contributed by atoms with Crippen LogP contribution in [0.3, 0.4) is 0 Å². The lowest BCUT2D eigenvalue weighted by molar-refractivity contribution is -0.00119. The first kappa shape index (κ1) is 15.5. The lowest BCUT2D eigenvalue weighted by Gasteiger charge is -2.17. The largest absolute Gasteiger partial charge is 0.389 e. The van der Waals surface area contributed by atoms with Crippen LogP contribution in [0.1, 0.15) is 25.7 Å². The highest BCUT2D eigenvalue weighted by molar-refractivity contribution is 6.33. The summed E-state index contributed by atoms with van der Waals surface area (Å²) < 4.78 is 31.9. The van der Waals surface area contributed by atoms with E-state index in [0.29, 0.717) is 0 Å². The van der Waals surface area contributed by atoms with Gasteiger partial charge in [-0.3, -0.25) is 0 Å². The molecule has 0 heterocycles. The van der Waals surface area contributed by atoms with Gasteiger partial charge in [-0.25, -0.2) is 8.78 Å². The molecule has 0 spiro atoms. The summed E-state index contributed by atoms with van der Waals surface area (Å²) in [6.45, 7) is 0.285. The van der Waals surface area contributed by atoms with Gasteiger partial charge < -0.3 is 15.2 Å². The number of nitrogens with one attached hydrogen (secondary N) is 1. The molecule has 0 amide bonds. The molecule has 1 aromatic rings. The van der Waals surface area contributed by atoms with E-state index in [2.05, 4.69) is 5.32 Å². The van der Waals surface area contributed by atoms with Gasteiger partial charge in [0.25, 0.3) is 0 Å². The topological polar surface area (TPSA) is 41.5 Å². The quantitative estimate of drug-likeness (QED) is 0.847. The molecule has 0 aliphatic heterocycles. The highest BCUT2D eigenvalue weighted by Gasteiger charge is 2.17. The fourth-order valence-corrected chi connectivity index (χ4v) is 2.55. The van der Waals surface area contributed by atoms with Crippen molar-refractivity contribution < 1.29 is 18.6 Å². The number of aliphatic hydroxyl groups is 1. The van der Waals surface area contributed by atoms with Crippen molar-refractivity contribution in [1.82, 2.24) is 0 Å². The Morgan fingerprint density at radius 3 is 2.70 bits per heavy atom. The molecule has 1 aromatic carbocycles. The first-order chi connectivity index (χ1) is 9.56. The van der Waals surface area contributed by atoms with Crippen LogP contribution >= 0.6 is 11.6 Å². The Hall–Kier alpha value is -0.910. The lowest BCUT2D eigenvalue weighted by atomic mass is 10.2. The number of anilines is 1. The van der Waals surface area contributed by atoms with Crippen molar-refractivity contribution in [1.29, 1.82) is 0 Å². The average Bonchev–Trinajstić information content (AvgIpc) is 2.88. The van der Waals surface area contributed by atoms with Crippen molar-refractivity contribution in [3.05, 3.63) is 28.8 Å². The van der Waals surface area contributed by atoms with E-state index >= 15 is 0 Å². The Balaban J connectivity index is 1.79. The number of halogens is 3. The Morgan fingerprint density at radius 2 is 2.05 bits per heavy atom. The zero-order chi connectivity index (χ0) is 14.5. The highest BCUT2D eigenvalue weighted by Crippen LogP contribution is 2.26. The molecular formula is C14H18ClF2NO2. The van der Waals surface area contributed by atoms with Crippen LogP contribution in [0, 0.1) is 11.6 Å². The molecule has 1 aliphatic carbocycles. The van der Waals surface area contributed by atoms with E-state index < -0.39 is 17.7 Å². The summed E-state index contributed by atoms with van der Waals surface area (Å²) in [5.74, 6) is -1.51. The second-order valence-corrected chi connectivity index (χ2v) is 5.43. The van der Waals surface area contributed by atoms with Crippen molar-refractivity contribution in [3.63, 3.8) is 0 Å². The number of benzene rings is 1. The van der Waals surface area contributed by atoms with E-state index in [4.69, 9.17) is 16.3 Å². The van der Waals surface area contributed by atoms with E-state index in [-0.39, 0.29) is 30.0 Å². The summed E-state index contributed by atoms with van der Waals surface area (Å²) in [5.41, 5.74) is -0.00650. The highest BCUT2D eigenvalue weighted by atomic mass is 35.5. The number of hydrogen-bond acceptors (Lipinski definition) is 3. The van der Waals surface area contributed by atoms with Gasteiger partial charge in [0.1, 0.15) is 5.82 Å². The van der Waals surface area contributed by atoms with Crippen molar-refractivity contribution in [2.24, 2.45) is 0 Å².